The minimum absolute atomic E-state index is 0. The largest absolute Gasteiger partial charge is 0.417 e. The Bertz CT molecular complexity index is 420. The lowest BCUT2D eigenvalue weighted by Gasteiger charge is -2.14. The van der Waals surface area contributed by atoms with Crippen LogP contribution in [0.3, 0.4) is 0 Å². The van der Waals surface area contributed by atoms with Crippen LogP contribution in [-0.4, -0.2) is 24.1 Å². The van der Waals surface area contributed by atoms with Crippen LogP contribution in [0.15, 0.2) is 12.3 Å². The van der Waals surface area contributed by atoms with Gasteiger partial charge < -0.3 is 10.6 Å². The van der Waals surface area contributed by atoms with E-state index in [9.17, 15) is 13.2 Å². The van der Waals surface area contributed by atoms with Gasteiger partial charge >= 0.3 is 6.18 Å². The average Bonchev–Trinajstić information content (AvgIpc) is 2.79. The summed E-state index contributed by atoms with van der Waals surface area (Å²) in [5.74, 6) is 0.290. The summed E-state index contributed by atoms with van der Waals surface area (Å²) in [6, 6.07) is 1.21. The molecule has 2 rings (SSSR count). The van der Waals surface area contributed by atoms with E-state index in [1.54, 1.807) is 0 Å². The summed E-state index contributed by atoms with van der Waals surface area (Å²) < 4.78 is 37.2. The first-order chi connectivity index (χ1) is 8.47. The molecule has 0 amide bonds. The van der Waals surface area contributed by atoms with Crippen molar-refractivity contribution < 1.29 is 13.2 Å². The molecular weight excluding hydrogens is 302 g/mol. The van der Waals surface area contributed by atoms with Crippen molar-refractivity contribution in [3.8, 4) is 0 Å². The molecule has 19 heavy (non-hydrogen) atoms. The Hall–Kier alpha value is -0.720. The molecule has 1 aliphatic heterocycles. The lowest BCUT2D eigenvalue weighted by molar-refractivity contribution is -0.137. The zero-order valence-corrected chi connectivity index (χ0v) is 11.5. The second kappa shape index (κ2) is 6.63. The van der Waals surface area contributed by atoms with E-state index in [-0.39, 0.29) is 17.4 Å². The van der Waals surface area contributed by atoms with Crippen LogP contribution in [0.2, 0.25) is 5.02 Å². The third-order valence-electron chi connectivity index (χ3n) is 2.85. The van der Waals surface area contributed by atoms with E-state index in [1.807, 2.05) is 0 Å². The van der Waals surface area contributed by atoms with Gasteiger partial charge in [0.2, 0.25) is 0 Å². The lowest BCUT2D eigenvalue weighted by atomic mass is 10.2. The molecule has 8 heteroatoms. The first kappa shape index (κ1) is 16.3. The summed E-state index contributed by atoms with van der Waals surface area (Å²) in [4.78, 5) is 3.71. The Morgan fingerprint density at radius 1 is 1.47 bits per heavy atom. The van der Waals surface area contributed by atoms with E-state index in [4.69, 9.17) is 11.6 Å². The zero-order chi connectivity index (χ0) is 13.2. The zero-order valence-electron chi connectivity index (χ0n) is 9.93. The fourth-order valence-corrected chi connectivity index (χ4v) is 2.11. The van der Waals surface area contributed by atoms with Crippen molar-refractivity contribution in [1.29, 1.82) is 0 Å². The van der Waals surface area contributed by atoms with E-state index in [2.05, 4.69) is 15.6 Å². The normalized spacial score (nSPS) is 19.1. The molecule has 1 aliphatic rings. The number of hydrogen-bond acceptors (Lipinski definition) is 3. The van der Waals surface area contributed by atoms with Crippen molar-refractivity contribution in [3.05, 3.63) is 22.8 Å². The summed E-state index contributed by atoms with van der Waals surface area (Å²) >= 11 is 5.78. The van der Waals surface area contributed by atoms with Crippen LogP contribution in [0.5, 0.6) is 0 Å². The van der Waals surface area contributed by atoms with Gasteiger partial charge in [0.15, 0.2) is 0 Å². The molecule has 2 heterocycles. The fraction of sp³-hybridized carbons (Fsp3) is 0.545. The number of nitrogens with one attached hydrogen (secondary N) is 2. The Morgan fingerprint density at radius 3 is 2.74 bits per heavy atom. The molecule has 1 aromatic heterocycles. The molecule has 0 bridgehead atoms. The van der Waals surface area contributed by atoms with Crippen LogP contribution >= 0.6 is 24.0 Å². The van der Waals surface area contributed by atoms with Gasteiger partial charge in [0.25, 0.3) is 0 Å². The quantitative estimate of drug-likeness (QED) is 0.898. The second-order valence-corrected chi connectivity index (χ2v) is 4.63. The van der Waals surface area contributed by atoms with Crippen LogP contribution < -0.4 is 10.6 Å². The molecule has 3 nitrogen and oxygen atoms in total. The molecule has 108 valence electrons. The maximum Gasteiger partial charge on any atom is 0.417 e. The van der Waals surface area contributed by atoms with Gasteiger partial charge in [-0.25, -0.2) is 4.98 Å². The van der Waals surface area contributed by atoms with E-state index in [0.717, 1.165) is 31.6 Å². The van der Waals surface area contributed by atoms with E-state index >= 15 is 0 Å². The molecule has 1 fully saturated rings. The fourth-order valence-electron chi connectivity index (χ4n) is 1.87. The monoisotopic (exact) mass is 315 g/mol. The molecule has 0 radical (unpaired) electrons. The van der Waals surface area contributed by atoms with E-state index < -0.39 is 11.7 Å². The minimum Gasteiger partial charge on any atom is -0.367 e. The molecule has 1 atom stereocenters. The lowest BCUT2D eigenvalue weighted by Crippen LogP contribution is -2.29. The molecule has 2 N–H and O–H groups in total. The highest BCUT2D eigenvalue weighted by Gasteiger charge is 2.31. The van der Waals surface area contributed by atoms with Crippen molar-refractivity contribution in [2.24, 2.45) is 0 Å². The average molecular weight is 316 g/mol. The van der Waals surface area contributed by atoms with Crippen LogP contribution in [0.1, 0.15) is 18.4 Å². The number of rotatable bonds is 3. The number of hydrogen-bond donors (Lipinski definition) is 2. The minimum atomic E-state index is -4.41. The van der Waals surface area contributed by atoms with Crippen molar-refractivity contribution in [2.75, 3.05) is 18.4 Å². The number of nitrogens with zero attached hydrogens (tertiary/aromatic N) is 1. The predicted molar refractivity (Wildman–Crippen MR) is 71.0 cm³/mol. The molecule has 0 spiro atoms. The summed E-state index contributed by atoms with van der Waals surface area (Å²) in [7, 11) is 0. The van der Waals surface area contributed by atoms with Crippen molar-refractivity contribution in [2.45, 2.75) is 25.1 Å². The standard InChI is InChI=1S/C11H13ClF3N3.ClH/c12-9-4-7(11(13,14)15)5-17-10(9)18-6-8-2-1-3-16-8;/h4-5,8,16H,1-3,6H2,(H,17,18);1H. The number of pyridine rings is 1. The topological polar surface area (TPSA) is 37.0 Å². The third kappa shape index (κ3) is 4.40. The van der Waals surface area contributed by atoms with Gasteiger partial charge in [0.1, 0.15) is 5.82 Å². The molecular formula is C11H14Cl2F3N3. The molecule has 1 unspecified atom stereocenters. The Kier molecular flexibility index (Phi) is 5.70. The van der Waals surface area contributed by atoms with Gasteiger partial charge in [-0.05, 0) is 25.5 Å². The molecule has 0 aliphatic carbocycles. The second-order valence-electron chi connectivity index (χ2n) is 4.23. The van der Waals surface area contributed by atoms with Crippen molar-refractivity contribution in [1.82, 2.24) is 10.3 Å². The van der Waals surface area contributed by atoms with Gasteiger partial charge in [-0.2, -0.15) is 13.2 Å². The highest BCUT2D eigenvalue weighted by atomic mass is 35.5. The van der Waals surface area contributed by atoms with Crippen LogP contribution in [0.4, 0.5) is 19.0 Å². The molecule has 1 aromatic rings. The molecule has 1 saturated heterocycles. The van der Waals surface area contributed by atoms with Gasteiger partial charge in [0.05, 0.1) is 10.6 Å². The maximum absolute atomic E-state index is 12.4. The van der Waals surface area contributed by atoms with E-state index in [0.29, 0.717) is 18.4 Å². The molecule has 0 aromatic carbocycles. The van der Waals surface area contributed by atoms with Gasteiger partial charge in [-0.1, -0.05) is 11.6 Å². The van der Waals surface area contributed by atoms with Crippen LogP contribution in [-0.2, 0) is 6.18 Å². The Morgan fingerprint density at radius 2 is 2.21 bits per heavy atom. The van der Waals surface area contributed by atoms with Crippen LogP contribution in [0, 0.1) is 0 Å². The Balaban J connectivity index is 0.00000180. The summed E-state index contributed by atoms with van der Waals surface area (Å²) in [5.41, 5.74) is -0.836. The van der Waals surface area contributed by atoms with Gasteiger partial charge in [-0.3, -0.25) is 0 Å². The predicted octanol–water partition coefficient (Wildman–Crippen LogP) is 3.34. The SMILES string of the molecule is Cl.FC(F)(F)c1cnc(NCC2CCCN2)c(Cl)c1. The summed E-state index contributed by atoms with van der Waals surface area (Å²) in [6.45, 7) is 1.58. The number of halogens is 5. The number of anilines is 1. The molecule has 0 saturated carbocycles. The third-order valence-corrected chi connectivity index (χ3v) is 3.13. The van der Waals surface area contributed by atoms with Crippen LogP contribution in [0.25, 0.3) is 0 Å². The highest BCUT2D eigenvalue weighted by Crippen LogP contribution is 2.32. The van der Waals surface area contributed by atoms with Crippen molar-refractivity contribution >= 4 is 29.8 Å². The number of alkyl halides is 3. The summed E-state index contributed by atoms with van der Waals surface area (Å²) in [5, 5.41) is 6.22. The summed E-state index contributed by atoms with van der Waals surface area (Å²) in [6.07, 6.45) is -1.47. The van der Waals surface area contributed by atoms with Gasteiger partial charge in [-0.15, -0.1) is 12.4 Å². The maximum atomic E-state index is 12.4. The van der Waals surface area contributed by atoms with Crippen molar-refractivity contribution in [3.63, 3.8) is 0 Å². The smallest absolute Gasteiger partial charge is 0.367 e. The van der Waals surface area contributed by atoms with Gasteiger partial charge in [0, 0.05) is 18.8 Å². The Labute approximate surface area is 120 Å². The number of aromatic nitrogens is 1. The highest BCUT2D eigenvalue weighted by molar-refractivity contribution is 6.32. The first-order valence-corrected chi connectivity index (χ1v) is 6.04. The first-order valence-electron chi connectivity index (χ1n) is 5.67. The van der Waals surface area contributed by atoms with E-state index in [1.165, 1.54) is 0 Å².